The average molecular weight is 234 g/mol. The molecule has 1 amide bonds. The van der Waals surface area contributed by atoms with Gasteiger partial charge in [0, 0.05) is 18.8 Å². The van der Waals surface area contributed by atoms with E-state index in [0.717, 1.165) is 30.5 Å². The number of anilines is 1. The van der Waals surface area contributed by atoms with E-state index < -0.39 is 0 Å². The first-order chi connectivity index (χ1) is 8.29. The summed E-state index contributed by atoms with van der Waals surface area (Å²) in [5.41, 5.74) is 7.36. The van der Waals surface area contributed by atoms with E-state index in [9.17, 15) is 4.79 Å². The summed E-state index contributed by atoms with van der Waals surface area (Å²) in [6, 6.07) is 7.56. The molecule has 1 aromatic rings. The van der Waals surface area contributed by atoms with E-state index in [2.05, 4.69) is 5.32 Å². The van der Waals surface area contributed by atoms with Crippen LogP contribution < -0.4 is 11.1 Å². The molecule has 92 valence electrons. The SMILES string of the molecule is NCc1ccc(NC(=O)C2CCCCO2)cc1. The zero-order valence-corrected chi connectivity index (χ0v) is 9.82. The van der Waals surface area contributed by atoms with Crippen molar-refractivity contribution in [2.45, 2.75) is 31.9 Å². The Morgan fingerprint density at radius 2 is 2.12 bits per heavy atom. The van der Waals surface area contributed by atoms with Crippen molar-refractivity contribution in [2.75, 3.05) is 11.9 Å². The van der Waals surface area contributed by atoms with E-state index in [-0.39, 0.29) is 12.0 Å². The molecule has 1 aliphatic heterocycles. The van der Waals surface area contributed by atoms with Crippen LogP contribution in [-0.2, 0) is 16.1 Å². The molecule has 4 heteroatoms. The molecular formula is C13H18N2O2. The molecule has 0 saturated carbocycles. The van der Waals surface area contributed by atoms with Crippen molar-refractivity contribution in [3.8, 4) is 0 Å². The fraction of sp³-hybridized carbons (Fsp3) is 0.462. The fourth-order valence-electron chi connectivity index (χ4n) is 1.89. The van der Waals surface area contributed by atoms with Crippen molar-refractivity contribution < 1.29 is 9.53 Å². The van der Waals surface area contributed by atoms with Crippen LogP contribution in [0.5, 0.6) is 0 Å². The van der Waals surface area contributed by atoms with Gasteiger partial charge in [-0.2, -0.15) is 0 Å². The molecule has 0 aromatic heterocycles. The Hall–Kier alpha value is -1.39. The maximum Gasteiger partial charge on any atom is 0.253 e. The topological polar surface area (TPSA) is 64.3 Å². The van der Waals surface area contributed by atoms with Crippen molar-refractivity contribution in [1.29, 1.82) is 0 Å². The predicted octanol–water partition coefficient (Wildman–Crippen LogP) is 1.65. The zero-order valence-electron chi connectivity index (χ0n) is 9.82. The monoisotopic (exact) mass is 234 g/mol. The molecule has 1 heterocycles. The lowest BCUT2D eigenvalue weighted by Crippen LogP contribution is -2.33. The van der Waals surface area contributed by atoms with Crippen molar-refractivity contribution in [1.82, 2.24) is 0 Å². The lowest BCUT2D eigenvalue weighted by atomic mass is 10.1. The third kappa shape index (κ3) is 3.28. The normalized spacial score (nSPS) is 19.9. The van der Waals surface area contributed by atoms with Gasteiger partial charge < -0.3 is 15.8 Å². The second-order valence-electron chi connectivity index (χ2n) is 4.25. The van der Waals surface area contributed by atoms with Gasteiger partial charge in [-0.05, 0) is 37.0 Å². The fourth-order valence-corrected chi connectivity index (χ4v) is 1.89. The molecular weight excluding hydrogens is 216 g/mol. The van der Waals surface area contributed by atoms with Gasteiger partial charge in [0.25, 0.3) is 5.91 Å². The number of hydrogen-bond donors (Lipinski definition) is 2. The van der Waals surface area contributed by atoms with Crippen molar-refractivity contribution >= 4 is 11.6 Å². The molecule has 17 heavy (non-hydrogen) atoms. The number of carbonyl (C=O) groups is 1. The van der Waals surface area contributed by atoms with Gasteiger partial charge in [-0.15, -0.1) is 0 Å². The lowest BCUT2D eigenvalue weighted by Gasteiger charge is -2.21. The van der Waals surface area contributed by atoms with Gasteiger partial charge in [-0.1, -0.05) is 12.1 Å². The van der Waals surface area contributed by atoms with Gasteiger partial charge in [0.2, 0.25) is 0 Å². The maximum atomic E-state index is 11.9. The summed E-state index contributed by atoms with van der Waals surface area (Å²) in [5, 5.41) is 2.86. The highest BCUT2D eigenvalue weighted by atomic mass is 16.5. The minimum Gasteiger partial charge on any atom is -0.368 e. The van der Waals surface area contributed by atoms with E-state index in [0.29, 0.717) is 13.2 Å². The Morgan fingerprint density at radius 1 is 1.35 bits per heavy atom. The van der Waals surface area contributed by atoms with E-state index in [4.69, 9.17) is 10.5 Å². The Balaban J connectivity index is 1.92. The first-order valence-electron chi connectivity index (χ1n) is 6.01. The third-order valence-corrected chi connectivity index (χ3v) is 2.93. The molecule has 1 saturated heterocycles. The molecule has 0 radical (unpaired) electrons. The molecule has 3 N–H and O–H groups in total. The Bertz CT molecular complexity index is 370. The van der Waals surface area contributed by atoms with Crippen LogP contribution in [0.4, 0.5) is 5.69 Å². The highest BCUT2D eigenvalue weighted by Gasteiger charge is 2.21. The number of nitrogens with two attached hydrogens (primary N) is 1. The molecule has 4 nitrogen and oxygen atoms in total. The van der Waals surface area contributed by atoms with Crippen LogP contribution in [0.2, 0.25) is 0 Å². The summed E-state index contributed by atoms with van der Waals surface area (Å²) in [5.74, 6) is -0.0507. The molecule has 1 fully saturated rings. The first kappa shape index (κ1) is 12.1. The number of amides is 1. The van der Waals surface area contributed by atoms with Crippen LogP contribution in [0.15, 0.2) is 24.3 Å². The van der Waals surface area contributed by atoms with Gasteiger partial charge in [-0.3, -0.25) is 4.79 Å². The standard InChI is InChI=1S/C13H18N2O2/c14-9-10-4-6-11(7-5-10)15-13(16)12-3-1-2-8-17-12/h4-7,12H,1-3,8-9,14H2,(H,15,16). The quantitative estimate of drug-likeness (QED) is 0.835. The van der Waals surface area contributed by atoms with Crippen LogP contribution in [0.3, 0.4) is 0 Å². The van der Waals surface area contributed by atoms with Gasteiger partial charge in [-0.25, -0.2) is 0 Å². The summed E-state index contributed by atoms with van der Waals surface area (Å²) in [6.45, 7) is 1.20. The molecule has 0 spiro atoms. The van der Waals surface area contributed by atoms with Crippen LogP contribution in [0, 0.1) is 0 Å². The largest absolute Gasteiger partial charge is 0.368 e. The van der Waals surface area contributed by atoms with Crippen LogP contribution in [0.1, 0.15) is 24.8 Å². The average Bonchev–Trinajstić information content (AvgIpc) is 2.40. The first-order valence-corrected chi connectivity index (χ1v) is 6.01. The van der Waals surface area contributed by atoms with Crippen molar-refractivity contribution in [3.05, 3.63) is 29.8 Å². The van der Waals surface area contributed by atoms with E-state index in [1.165, 1.54) is 0 Å². The Kier molecular flexibility index (Phi) is 4.12. The third-order valence-electron chi connectivity index (χ3n) is 2.93. The van der Waals surface area contributed by atoms with Gasteiger partial charge in [0.15, 0.2) is 0 Å². The van der Waals surface area contributed by atoms with Crippen molar-refractivity contribution in [2.24, 2.45) is 5.73 Å². The summed E-state index contributed by atoms with van der Waals surface area (Å²) in [4.78, 5) is 11.9. The molecule has 0 bridgehead atoms. The Labute approximate surface area is 101 Å². The molecule has 2 rings (SSSR count). The molecule has 1 aliphatic rings. The second kappa shape index (κ2) is 5.80. The summed E-state index contributed by atoms with van der Waals surface area (Å²) < 4.78 is 5.42. The molecule has 1 aromatic carbocycles. The number of carbonyl (C=O) groups excluding carboxylic acids is 1. The number of ether oxygens (including phenoxy) is 1. The van der Waals surface area contributed by atoms with E-state index in [1.807, 2.05) is 24.3 Å². The summed E-state index contributed by atoms with van der Waals surface area (Å²) in [6.07, 6.45) is 2.63. The van der Waals surface area contributed by atoms with Crippen LogP contribution in [0.25, 0.3) is 0 Å². The Morgan fingerprint density at radius 3 is 2.71 bits per heavy atom. The van der Waals surface area contributed by atoms with E-state index >= 15 is 0 Å². The highest BCUT2D eigenvalue weighted by Crippen LogP contribution is 2.15. The van der Waals surface area contributed by atoms with Crippen LogP contribution >= 0.6 is 0 Å². The zero-order chi connectivity index (χ0) is 12.1. The van der Waals surface area contributed by atoms with Gasteiger partial charge >= 0.3 is 0 Å². The molecule has 1 atom stereocenters. The summed E-state index contributed by atoms with van der Waals surface area (Å²) in [7, 11) is 0. The number of nitrogens with one attached hydrogen (secondary N) is 1. The van der Waals surface area contributed by atoms with E-state index in [1.54, 1.807) is 0 Å². The minimum absolute atomic E-state index is 0.0507. The number of hydrogen-bond acceptors (Lipinski definition) is 3. The second-order valence-corrected chi connectivity index (χ2v) is 4.25. The smallest absolute Gasteiger partial charge is 0.253 e. The number of rotatable bonds is 3. The van der Waals surface area contributed by atoms with Gasteiger partial charge in [0.05, 0.1) is 0 Å². The highest BCUT2D eigenvalue weighted by molar-refractivity contribution is 5.94. The minimum atomic E-state index is -0.294. The molecule has 1 unspecified atom stereocenters. The van der Waals surface area contributed by atoms with Gasteiger partial charge in [0.1, 0.15) is 6.10 Å². The molecule has 0 aliphatic carbocycles. The lowest BCUT2D eigenvalue weighted by molar-refractivity contribution is -0.129. The predicted molar refractivity (Wildman–Crippen MR) is 66.6 cm³/mol. The van der Waals surface area contributed by atoms with Crippen LogP contribution in [-0.4, -0.2) is 18.6 Å². The maximum absolute atomic E-state index is 11.9. The number of benzene rings is 1. The summed E-state index contributed by atoms with van der Waals surface area (Å²) >= 11 is 0. The van der Waals surface area contributed by atoms with Crippen molar-refractivity contribution in [3.63, 3.8) is 0 Å².